The summed E-state index contributed by atoms with van der Waals surface area (Å²) in [6.45, 7) is 4.91. The number of nitrogens with zero attached hydrogens (tertiary/aromatic N) is 2. The van der Waals surface area contributed by atoms with E-state index < -0.39 is 0 Å². The Bertz CT molecular complexity index is 422. The average molecular weight is 358 g/mol. The van der Waals surface area contributed by atoms with Gasteiger partial charge in [0.2, 0.25) is 0 Å². The first-order valence-corrected chi connectivity index (χ1v) is 8.99. The van der Waals surface area contributed by atoms with E-state index in [1.165, 1.54) is 44.2 Å². The second-order valence-corrected chi connectivity index (χ2v) is 6.82. The van der Waals surface area contributed by atoms with E-state index in [1.807, 2.05) is 6.20 Å². The highest BCUT2D eigenvalue weighted by Gasteiger charge is 2.25. The van der Waals surface area contributed by atoms with Crippen LogP contribution in [-0.2, 0) is 11.3 Å². The number of hydrogen-bond acceptors (Lipinski definition) is 3. The third-order valence-corrected chi connectivity index (χ3v) is 4.95. The van der Waals surface area contributed by atoms with Crippen LogP contribution < -0.4 is 5.32 Å². The first-order valence-electron chi connectivity index (χ1n) is 8.19. The van der Waals surface area contributed by atoms with Crippen LogP contribution in [-0.4, -0.2) is 36.1 Å². The number of nitrogens with one attached hydrogen (secondary N) is 1. The highest BCUT2D eigenvalue weighted by Crippen LogP contribution is 2.35. The fourth-order valence-electron chi connectivity index (χ4n) is 3.28. The van der Waals surface area contributed by atoms with Crippen molar-refractivity contribution in [3.63, 3.8) is 0 Å². The van der Waals surface area contributed by atoms with Crippen LogP contribution in [0, 0.1) is 0 Å². The summed E-state index contributed by atoms with van der Waals surface area (Å²) >= 11 is 3.70. The maximum absolute atomic E-state index is 5.21. The molecule has 5 heteroatoms. The molecule has 2 atom stereocenters. The predicted octanol–water partition coefficient (Wildman–Crippen LogP) is 3.71. The van der Waals surface area contributed by atoms with E-state index in [-0.39, 0.29) is 0 Å². The zero-order chi connectivity index (χ0) is 15.1. The van der Waals surface area contributed by atoms with Crippen LogP contribution in [0.5, 0.6) is 0 Å². The van der Waals surface area contributed by atoms with Crippen LogP contribution in [0.2, 0.25) is 0 Å². The van der Waals surface area contributed by atoms with Crippen molar-refractivity contribution in [1.29, 1.82) is 0 Å². The maximum atomic E-state index is 5.21. The summed E-state index contributed by atoms with van der Waals surface area (Å²) < 4.78 is 8.49. The van der Waals surface area contributed by atoms with Crippen molar-refractivity contribution < 1.29 is 4.74 Å². The lowest BCUT2D eigenvalue weighted by Crippen LogP contribution is -2.30. The van der Waals surface area contributed by atoms with Crippen molar-refractivity contribution in [1.82, 2.24) is 15.1 Å². The summed E-state index contributed by atoms with van der Waals surface area (Å²) in [7, 11) is 1.74. The monoisotopic (exact) mass is 357 g/mol. The first-order chi connectivity index (χ1) is 10.3. The van der Waals surface area contributed by atoms with Gasteiger partial charge in [-0.3, -0.25) is 4.68 Å². The molecule has 0 aliphatic heterocycles. The minimum absolute atomic E-state index is 0.593. The fourth-order valence-corrected chi connectivity index (χ4v) is 3.90. The van der Waals surface area contributed by atoms with Crippen LogP contribution >= 0.6 is 15.9 Å². The third kappa shape index (κ3) is 4.80. The number of hydrogen-bond donors (Lipinski definition) is 1. The lowest BCUT2D eigenvalue weighted by molar-refractivity contribution is 0.181. The van der Waals surface area contributed by atoms with Gasteiger partial charge in [0.25, 0.3) is 0 Å². The topological polar surface area (TPSA) is 39.1 Å². The molecule has 120 valence electrons. The summed E-state index contributed by atoms with van der Waals surface area (Å²) in [5.41, 5.74) is 1.36. The molecule has 1 heterocycles. The van der Waals surface area contributed by atoms with Crippen molar-refractivity contribution in [2.24, 2.45) is 0 Å². The molecule has 0 aromatic carbocycles. The molecular formula is C16H28BrN3O. The first kappa shape index (κ1) is 17.0. The van der Waals surface area contributed by atoms with E-state index in [2.05, 4.69) is 38.0 Å². The van der Waals surface area contributed by atoms with Crippen LogP contribution in [0.15, 0.2) is 10.7 Å². The molecule has 0 amide bonds. The van der Waals surface area contributed by atoms with E-state index in [4.69, 9.17) is 4.74 Å². The Morgan fingerprint density at radius 2 is 2.24 bits per heavy atom. The number of methoxy groups -OCH3 is 1. The van der Waals surface area contributed by atoms with Gasteiger partial charge in [-0.2, -0.15) is 5.10 Å². The Hall–Kier alpha value is -0.390. The van der Waals surface area contributed by atoms with E-state index >= 15 is 0 Å². The molecule has 1 aromatic rings. The molecule has 0 radical (unpaired) electrons. The molecular weight excluding hydrogens is 330 g/mol. The fraction of sp³-hybridized carbons (Fsp3) is 0.812. The Morgan fingerprint density at radius 3 is 3.00 bits per heavy atom. The zero-order valence-corrected chi connectivity index (χ0v) is 14.9. The molecule has 0 bridgehead atoms. The molecule has 1 aliphatic rings. The lowest BCUT2D eigenvalue weighted by Gasteiger charge is -2.22. The highest BCUT2D eigenvalue weighted by atomic mass is 79.9. The molecule has 1 aromatic heterocycles. The second kappa shape index (κ2) is 8.91. The number of rotatable bonds is 7. The van der Waals surface area contributed by atoms with Crippen molar-refractivity contribution in [3.05, 3.63) is 16.4 Å². The van der Waals surface area contributed by atoms with Gasteiger partial charge in [-0.25, -0.2) is 0 Å². The van der Waals surface area contributed by atoms with Crippen molar-refractivity contribution in [2.45, 2.75) is 64.0 Å². The number of halogens is 1. The standard InChI is InChI=1S/C16H28BrN3O/c1-3-8-18-14-7-5-4-6-13(11-14)16-15(17)12-19-20(16)9-10-21-2/h12-14,18H,3-11H2,1-2H3. The molecule has 1 saturated carbocycles. The Kier molecular flexibility index (Phi) is 7.20. The van der Waals surface area contributed by atoms with Crippen molar-refractivity contribution in [2.75, 3.05) is 20.3 Å². The van der Waals surface area contributed by atoms with Crippen molar-refractivity contribution >= 4 is 15.9 Å². The van der Waals surface area contributed by atoms with Crippen LogP contribution in [0.4, 0.5) is 0 Å². The van der Waals surface area contributed by atoms with Gasteiger partial charge in [0.15, 0.2) is 0 Å². The summed E-state index contributed by atoms with van der Waals surface area (Å²) in [5, 5.41) is 8.23. The SMILES string of the molecule is CCCNC1CCCCC(c2c(Br)cnn2CCOC)C1. The number of aromatic nitrogens is 2. The summed E-state index contributed by atoms with van der Waals surface area (Å²) in [6, 6.07) is 0.648. The molecule has 1 N–H and O–H groups in total. The summed E-state index contributed by atoms with van der Waals surface area (Å²) in [6.07, 6.45) is 9.58. The minimum Gasteiger partial charge on any atom is -0.383 e. The van der Waals surface area contributed by atoms with Gasteiger partial charge >= 0.3 is 0 Å². The van der Waals surface area contributed by atoms with Crippen LogP contribution in [0.1, 0.15) is 57.1 Å². The maximum Gasteiger partial charge on any atom is 0.0658 e. The van der Waals surface area contributed by atoms with Gasteiger partial charge in [0.1, 0.15) is 0 Å². The van der Waals surface area contributed by atoms with Gasteiger partial charge in [-0.15, -0.1) is 0 Å². The van der Waals surface area contributed by atoms with E-state index in [0.29, 0.717) is 18.6 Å². The molecule has 21 heavy (non-hydrogen) atoms. The Morgan fingerprint density at radius 1 is 1.43 bits per heavy atom. The molecule has 0 spiro atoms. The van der Waals surface area contributed by atoms with E-state index in [9.17, 15) is 0 Å². The largest absolute Gasteiger partial charge is 0.383 e. The van der Waals surface area contributed by atoms with E-state index in [0.717, 1.165) is 17.6 Å². The second-order valence-electron chi connectivity index (χ2n) is 5.96. The van der Waals surface area contributed by atoms with Crippen molar-refractivity contribution in [3.8, 4) is 0 Å². The van der Waals surface area contributed by atoms with Gasteiger partial charge in [-0.05, 0) is 48.2 Å². The summed E-state index contributed by atoms with van der Waals surface area (Å²) in [5.74, 6) is 0.593. The van der Waals surface area contributed by atoms with E-state index in [1.54, 1.807) is 7.11 Å². The van der Waals surface area contributed by atoms with Gasteiger partial charge < -0.3 is 10.1 Å². The molecule has 0 saturated heterocycles. The Labute approximate surface area is 136 Å². The molecule has 1 fully saturated rings. The van der Waals surface area contributed by atoms with Gasteiger partial charge in [0, 0.05) is 19.1 Å². The molecule has 4 nitrogen and oxygen atoms in total. The highest BCUT2D eigenvalue weighted by molar-refractivity contribution is 9.10. The predicted molar refractivity (Wildman–Crippen MR) is 89.7 cm³/mol. The minimum atomic E-state index is 0.593. The normalized spacial score (nSPS) is 23.2. The quantitative estimate of drug-likeness (QED) is 0.756. The smallest absolute Gasteiger partial charge is 0.0658 e. The third-order valence-electron chi connectivity index (χ3n) is 4.33. The number of ether oxygens (including phenoxy) is 1. The molecule has 2 unspecified atom stereocenters. The Balaban J connectivity index is 2.09. The average Bonchev–Trinajstić information content (AvgIpc) is 2.71. The zero-order valence-electron chi connectivity index (χ0n) is 13.3. The van der Waals surface area contributed by atoms with Gasteiger partial charge in [0.05, 0.1) is 29.5 Å². The molecule has 1 aliphatic carbocycles. The van der Waals surface area contributed by atoms with Crippen LogP contribution in [0.25, 0.3) is 0 Å². The van der Waals surface area contributed by atoms with Crippen LogP contribution in [0.3, 0.4) is 0 Å². The lowest BCUT2D eigenvalue weighted by atomic mass is 9.94. The summed E-state index contributed by atoms with van der Waals surface area (Å²) in [4.78, 5) is 0. The molecule has 2 rings (SSSR count). The van der Waals surface area contributed by atoms with Gasteiger partial charge in [-0.1, -0.05) is 19.8 Å².